The summed E-state index contributed by atoms with van der Waals surface area (Å²) in [7, 11) is -1.08. The second kappa shape index (κ2) is 14.7. The average molecular weight is 614 g/mol. The van der Waals surface area contributed by atoms with Crippen molar-refractivity contribution in [3.8, 4) is 0 Å². The van der Waals surface area contributed by atoms with Crippen molar-refractivity contribution in [3.05, 3.63) is 112 Å². The average Bonchev–Trinajstić information content (AvgIpc) is 2.84. The first-order chi connectivity index (χ1) is 16.4. The van der Waals surface area contributed by atoms with E-state index in [1.54, 1.807) is 48.5 Å². The number of hydrogen-bond acceptors (Lipinski definition) is 3. The molecule has 0 radical (unpaired) electrons. The first-order valence-electron chi connectivity index (χ1n) is 10.5. The van der Waals surface area contributed by atoms with Crippen LogP contribution in [0.1, 0.15) is 54.1 Å². The van der Waals surface area contributed by atoms with Crippen molar-refractivity contribution >= 4 is 19.7 Å². The minimum atomic E-state index is -5.65. The van der Waals surface area contributed by atoms with Crippen LogP contribution in [0.3, 0.4) is 0 Å². The van der Waals surface area contributed by atoms with Crippen molar-refractivity contribution in [2.45, 2.75) is 44.3 Å². The first-order valence-corrected chi connectivity index (χ1v) is 14.2. The van der Waals surface area contributed by atoms with Crippen molar-refractivity contribution in [2.75, 3.05) is 0 Å². The van der Waals surface area contributed by atoms with Gasteiger partial charge in [0.15, 0.2) is 10.0 Å². The maximum absolute atomic E-state index is 12.7. The van der Waals surface area contributed by atoms with Crippen LogP contribution in [0.5, 0.6) is 0 Å². The zero-order chi connectivity index (χ0) is 26.6. The molecule has 3 rings (SSSR count). The third kappa shape index (κ3) is 10.0. The molecule has 4 nitrogen and oxygen atoms in total. The Morgan fingerprint density at radius 1 is 0.800 bits per heavy atom. The van der Waals surface area contributed by atoms with E-state index in [9.17, 15) is 21.6 Å². The Morgan fingerprint density at radius 2 is 1.23 bits per heavy atom. The fraction of sp³-hybridized carbons (Fsp3) is 0.280. The summed E-state index contributed by atoms with van der Waals surface area (Å²) in [5.41, 5.74) is 4.07. The predicted molar refractivity (Wildman–Crippen MR) is 132 cm³/mol. The molecule has 0 aromatic heterocycles. The predicted octanol–water partition coefficient (Wildman–Crippen LogP) is 7.46. The summed E-state index contributed by atoms with van der Waals surface area (Å²) < 4.78 is 63.9. The van der Waals surface area contributed by atoms with Crippen LogP contribution < -0.4 is 5.73 Å². The molecule has 0 saturated carbocycles. The maximum atomic E-state index is 12.7. The van der Waals surface area contributed by atoms with Crippen molar-refractivity contribution < 1.29 is 38.9 Å². The van der Waals surface area contributed by atoms with Crippen molar-refractivity contribution in [1.29, 1.82) is 0 Å². The summed E-state index contributed by atoms with van der Waals surface area (Å²) in [6.45, 7) is 6.54. The van der Waals surface area contributed by atoms with Gasteiger partial charge >= 0.3 is 32.5 Å². The monoisotopic (exact) mass is 614 g/mol. The van der Waals surface area contributed by atoms with Gasteiger partial charge in [-0.1, -0.05) is 116 Å². The third-order valence-corrected chi connectivity index (χ3v) is 6.04. The van der Waals surface area contributed by atoms with Gasteiger partial charge in [0.1, 0.15) is 0 Å². The summed E-state index contributed by atoms with van der Waals surface area (Å²) in [5, 5.41) is 0. The second-order valence-electron chi connectivity index (χ2n) is 7.88. The first kappa shape index (κ1) is 31.3. The van der Waals surface area contributed by atoms with Crippen molar-refractivity contribution in [3.63, 3.8) is 0 Å². The summed E-state index contributed by atoms with van der Waals surface area (Å²) in [6, 6.07) is 22.4. The van der Waals surface area contributed by atoms with Crippen molar-refractivity contribution in [2.24, 2.45) is 5.73 Å². The Morgan fingerprint density at radius 3 is 1.63 bits per heavy atom. The zero-order valence-electron chi connectivity index (χ0n) is 19.4. The van der Waals surface area contributed by atoms with Crippen molar-refractivity contribution in [1.82, 2.24) is 0 Å². The number of rotatable bonds is 6. The molecule has 0 aliphatic rings. The zero-order valence-corrected chi connectivity index (χ0v) is 22.7. The molecule has 35 heavy (non-hydrogen) atoms. The van der Waals surface area contributed by atoms with Gasteiger partial charge in [0.25, 0.3) is 0 Å². The van der Waals surface area contributed by atoms with E-state index in [1.165, 1.54) is 23.3 Å². The van der Waals surface area contributed by atoms with Crippen LogP contribution in [-0.2, 0) is 27.3 Å². The quantitative estimate of drug-likeness (QED) is 0.293. The molecular formula is C25H28ClF3N2O2RuS. The van der Waals surface area contributed by atoms with E-state index in [0.717, 1.165) is 0 Å². The molecule has 0 aliphatic heterocycles. The molecule has 0 unspecified atom stereocenters. The summed E-state index contributed by atoms with van der Waals surface area (Å²) in [6.07, 6.45) is 0. The Balaban J connectivity index is 0.000000425. The Labute approximate surface area is 219 Å². The molecule has 0 fully saturated rings. The van der Waals surface area contributed by atoms with Gasteiger partial charge in [-0.2, -0.15) is 13.2 Å². The van der Waals surface area contributed by atoms with Gasteiger partial charge in [0, 0.05) is 6.04 Å². The standard InChI is InChI=1S/C15H14F3N2O2S.C10H14.ClH.Ru/c16-15(17,18)23(21,22)20-14(12-9-5-2-6-10-12)13(19)11-7-3-1-4-8-11;1-8(2)10-6-4-9(3)5-7-10;;/h1-10,13-14H,19H2;4-8H,1-3H3;1H;/q-1;;;+2/p-1/t13-,14-;;;/m1.../s1. The van der Waals surface area contributed by atoms with E-state index < -0.39 is 27.6 Å². The van der Waals surface area contributed by atoms with Gasteiger partial charge in [-0.15, -0.1) is 0 Å². The number of alkyl halides is 3. The molecule has 192 valence electrons. The number of aryl methyl sites for hydroxylation is 1. The second-order valence-corrected chi connectivity index (χ2v) is 9.51. The molecule has 10 heteroatoms. The van der Waals surface area contributed by atoms with Gasteiger partial charge < -0.3 is 10.5 Å². The van der Waals surface area contributed by atoms with Crippen LogP contribution in [-0.4, -0.2) is 13.9 Å². The Bertz CT molecular complexity index is 1100. The van der Waals surface area contributed by atoms with E-state index in [0.29, 0.717) is 11.5 Å². The summed E-state index contributed by atoms with van der Waals surface area (Å²) >= 11 is 1.82. The normalized spacial score (nSPS) is 13.1. The van der Waals surface area contributed by atoms with E-state index >= 15 is 0 Å². The SMILES string of the molecule is Cc1ccc(C(C)C)cc1.N[C@H](c1ccccc1)[C@H]([N-]S(=O)(=O)C(F)(F)F)c1ccccc1.[Cl][Ru+]. The third-order valence-electron chi connectivity index (χ3n) is 4.95. The molecule has 0 heterocycles. The Hall–Kier alpha value is -1.77. The van der Waals surface area contributed by atoms with Crippen LogP contribution >= 0.6 is 9.69 Å². The number of benzene rings is 3. The van der Waals surface area contributed by atoms with Gasteiger partial charge in [-0.25, -0.2) is 8.42 Å². The van der Waals surface area contributed by atoms with E-state index in [2.05, 4.69) is 59.4 Å². The molecule has 0 bridgehead atoms. The van der Waals surface area contributed by atoms with Crippen LogP contribution in [0.25, 0.3) is 4.72 Å². The van der Waals surface area contributed by atoms with Crippen LogP contribution in [0.2, 0.25) is 0 Å². The molecule has 0 amide bonds. The number of halogens is 4. The molecule has 0 saturated heterocycles. The molecule has 0 aliphatic carbocycles. The topological polar surface area (TPSA) is 74.3 Å². The van der Waals surface area contributed by atoms with E-state index in [4.69, 9.17) is 5.73 Å². The summed E-state index contributed by atoms with van der Waals surface area (Å²) in [5.74, 6) is 0.653. The fourth-order valence-electron chi connectivity index (χ4n) is 3.00. The van der Waals surface area contributed by atoms with Gasteiger partial charge in [0.2, 0.25) is 0 Å². The Kier molecular flexibility index (Phi) is 13.1. The fourth-order valence-corrected chi connectivity index (χ4v) is 3.67. The van der Waals surface area contributed by atoms with Gasteiger partial charge in [0.05, 0.1) is 0 Å². The number of nitrogens with zero attached hydrogens (tertiary/aromatic N) is 1. The number of sulfonamides is 1. The van der Waals surface area contributed by atoms with Crippen LogP contribution in [0.4, 0.5) is 13.2 Å². The summed E-state index contributed by atoms with van der Waals surface area (Å²) in [4.78, 5) is 0. The minimum absolute atomic E-state index is 0.289. The molecule has 2 N–H and O–H groups in total. The molecule has 3 aromatic rings. The van der Waals surface area contributed by atoms with E-state index in [1.807, 2.05) is 17.3 Å². The van der Waals surface area contributed by atoms with E-state index in [-0.39, 0.29) is 5.56 Å². The molecule has 3 aromatic carbocycles. The van der Waals surface area contributed by atoms with Gasteiger partial charge in [-0.3, -0.25) is 0 Å². The molecule has 0 spiro atoms. The molecular weight excluding hydrogens is 586 g/mol. The number of hydrogen-bond donors (Lipinski definition) is 1. The van der Waals surface area contributed by atoms with Crippen LogP contribution in [0, 0.1) is 6.92 Å². The van der Waals surface area contributed by atoms with Gasteiger partial charge in [-0.05, 0) is 24.0 Å². The number of nitrogens with two attached hydrogens (primary N) is 1. The molecule has 2 atom stereocenters. The van der Waals surface area contributed by atoms with Crippen LogP contribution in [0.15, 0.2) is 84.9 Å².